The van der Waals surface area contributed by atoms with Gasteiger partial charge in [-0.25, -0.2) is 9.67 Å². The van der Waals surface area contributed by atoms with Crippen molar-refractivity contribution in [2.45, 2.75) is 45.8 Å². The summed E-state index contributed by atoms with van der Waals surface area (Å²) in [4.78, 5) is 4.27. The van der Waals surface area contributed by atoms with Gasteiger partial charge in [0.15, 0.2) is 0 Å². The van der Waals surface area contributed by atoms with Gasteiger partial charge < -0.3 is 5.32 Å². The minimum absolute atomic E-state index is 0.541. The van der Waals surface area contributed by atoms with Crippen LogP contribution in [0.3, 0.4) is 0 Å². The highest BCUT2D eigenvalue weighted by Gasteiger charge is 2.05. The first kappa shape index (κ1) is 13.5. The van der Waals surface area contributed by atoms with Crippen LogP contribution in [-0.2, 0) is 13.1 Å². The molecule has 1 heterocycles. The fourth-order valence-electron chi connectivity index (χ4n) is 1.49. The monoisotopic (exact) mass is 242 g/mol. The zero-order chi connectivity index (χ0) is 11.8. The summed E-state index contributed by atoms with van der Waals surface area (Å²) < 4.78 is 1.98. The quantitative estimate of drug-likeness (QED) is 0.756. The van der Waals surface area contributed by atoms with Gasteiger partial charge in [0, 0.05) is 12.6 Å². The van der Waals surface area contributed by atoms with E-state index in [1.807, 2.05) is 16.4 Å². The fraction of sp³-hybridized carbons (Fsp3) is 0.818. The van der Waals surface area contributed by atoms with Crippen LogP contribution in [0.15, 0.2) is 6.33 Å². The van der Waals surface area contributed by atoms with E-state index in [1.54, 1.807) is 6.33 Å². The maximum Gasteiger partial charge on any atom is 0.140 e. The SMILES string of the molecule is CCCn1ncnc1CNC(C)CCSC. The predicted octanol–water partition coefficient (Wildman–Crippen LogP) is 1.92. The second kappa shape index (κ2) is 7.68. The Bertz CT molecular complexity index is 287. The smallest absolute Gasteiger partial charge is 0.140 e. The van der Waals surface area contributed by atoms with E-state index in [0.29, 0.717) is 6.04 Å². The van der Waals surface area contributed by atoms with Gasteiger partial charge >= 0.3 is 0 Å². The Labute approximate surface area is 102 Å². The summed E-state index contributed by atoms with van der Waals surface area (Å²) in [5, 5.41) is 7.69. The van der Waals surface area contributed by atoms with Gasteiger partial charge in [0.05, 0.1) is 6.54 Å². The molecule has 0 amide bonds. The van der Waals surface area contributed by atoms with Gasteiger partial charge in [-0.05, 0) is 31.8 Å². The molecule has 0 spiro atoms. The van der Waals surface area contributed by atoms with Crippen molar-refractivity contribution >= 4 is 11.8 Å². The van der Waals surface area contributed by atoms with Crippen LogP contribution in [0, 0.1) is 0 Å². The normalized spacial score (nSPS) is 12.9. The lowest BCUT2D eigenvalue weighted by atomic mass is 10.2. The molecule has 5 heteroatoms. The lowest BCUT2D eigenvalue weighted by molar-refractivity contribution is 0.493. The molecule has 0 aliphatic rings. The highest BCUT2D eigenvalue weighted by atomic mass is 32.2. The molecule has 1 unspecified atom stereocenters. The van der Waals surface area contributed by atoms with Crippen molar-refractivity contribution in [1.82, 2.24) is 20.1 Å². The molecule has 16 heavy (non-hydrogen) atoms. The fourth-order valence-corrected chi connectivity index (χ4v) is 2.08. The van der Waals surface area contributed by atoms with E-state index in [0.717, 1.165) is 25.3 Å². The Hall–Kier alpha value is -0.550. The summed E-state index contributed by atoms with van der Waals surface area (Å²) >= 11 is 1.89. The zero-order valence-corrected chi connectivity index (χ0v) is 11.3. The second-order valence-corrected chi connectivity index (χ2v) is 4.95. The maximum absolute atomic E-state index is 4.27. The number of hydrogen-bond acceptors (Lipinski definition) is 4. The topological polar surface area (TPSA) is 42.7 Å². The van der Waals surface area contributed by atoms with Crippen molar-refractivity contribution < 1.29 is 0 Å². The highest BCUT2D eigenvalue weighted by molar-refractivity contribution is 7.98. The third-order valence-corrected chi connectivity index (χ3v) is 3.14. The van der Waals surface area contributed by atoms with Crippen molar-refractivity contribution in [2.24, 2.45) is 0 Å². The molecular weight excluding hydrogens is 220 g/mol. The Kier molecular flexibility index (Phi) is 6.49. The molecule has 0 radical (unpaired) electrons. The Morgan fingerprint density at radius 3 is 3.06 bits per heavy atom. The number of aromatic nitrogens is 3. The summed E-state index contributed by atoms with van der Waals surface area (Å²) in [5.74, 6) is 2.24. The Balaban J connectivity index is 2.32. The standard InChI is InChI=1S/C11H22N4S/c1-4-6-15-11(13-9-14-15)8-12-10(2)5-7-16-3/h9-10,12H,4-8H2,1-3H3. The number of hydrogen-bond donors (Lipinski definition) is 1. The lowest BCUT2D eigenvalue weighted by Crippen LogP contribution is -2.27. The van der Waals surface area contributed by atoms with Crippen molar-refractivity contribution in [3.8, 4) is 0 Å². The molecule has 1 atom stereocenters. The van der Waals surface area contributed by atoms with Crippen LogP contribution >= 0.6 is 11.8 Å². The molecule has 0 saturated heterocycles. The summed E-state index contributed by atoms with van der Waals surface area (Å²) in [5.41, 5.74) is 0. The highest BCUT2D eigenvalue weighted by Crippen LogP contribution is 2.01. The molecule has 0 fully saturated rings. The van der Waals surface area contributed by atoms with Gasteiger partial charge in [-0.2, -0.15) is 16.9 Å². The van der Waals surface area contributed by atoms with Crippen LogP contribution in [0.1, 0.15) is 32.5 Å². The van der Waals surface area contributed by atoms with Crippen LogP contribution < -0.4 is 5.32 Å². The van der Waals surface area contributed by atoms with E-state index in [-0.39, 0.29) is 0 Å². The molecule has 92 valence electrons. The van der Waals surface area contributed by atoms with E-state index < -0.39 is 0 Å². The number of aryl methyl sites for hydroxylation is 1. The van der Waals surface area contributed by atoms with E-state index in [4.69, 9.17) is 0 Å². The zero-order valence-electron chi connectivity index (χ0n) is 10.4. The van der Waals surface area contributed by atoms with Gasteiger partial charge in [-0.15, -0.1) is 0 Å². The first-order chi connectivity index (χ1) is 7.77. The molecule has 1 aromatic rings. The minimum atomic E-state index is 0.541. The summed E-state index contributed by atoms with van der Waals surface area (Å²) in [7, 11) is 0. The second-order valence-electron chi connectivity index (χ2n) is 3.96. The number of rotatable bonds is 8. The Morgan fingerprint density at radius 1 is 1.56 bits per heavy atom. The van der Waals surface area contributed by atoms with Crippen molar-refractivity contribution in [3.63, 3.8) is 0 Å². The van der Waals surface area contributed by atoms with Crippen LogP contribution in [0.25, 0.3) is 0 Å². The van der Waals surface area contributed by atoms with E-state index in [1.165, 1.54) is 12.2 Å². The van der Waals surface area contributed by atoms with Gasteiger partial charge in [0.2, 0.25) is 0 Å². The molecule has 1 rings (SSSR count). The molecule has 1 aromatic heterocycles. The average molecular weight is 242 g/mol. The van der Waals surface area contributed by atoms with Gasteiger partial charge in [-0.1, -0.05) is 6.92 Å². The molecule has 0 saturated carbocycles. The molecule has 0 aromatic carbocycles. The largest absolute Gasteiger partial charge is 0.307 e. The number of thioether (sulfide) groups is 1. The van der Waals surface area contributed by atoms with E-state index >= 15 is 0 Å². The van der Waals surface area contributed by atoms with Gasteiger partial charge in [-0.3, -0.25) is 0 Å². The van der Waals surface area contributed by atoms with Crippen molar-refractivity contribution in [3.05, 3.63) is 12.2 Å². The molecule has 0 bridgehead atoms. The molecule has 1 N–H and O–H groups in total. The first-order valence-electron chi connectivity index (χ1n) is 5.87. The molecule has 0 aliphatic heterocycles. The summed E-state index contributed by atoms with van der Waals surface area (Å²) in [6, 6.07) is 0.541. The summed E-state index contributed by atoms with van der Waals surface area (Å²) in [6.07, 6.45) is 6.07. The van der Waals surface area contributed by atoms with E-state index in [9.17, 15) is 0 Å². The van der Waals surface area contributed by atoms with Gasteiger partial charge in [0.1, 0.15) is 12.2 Å². The minimum Gasteiger partial charge on any atom is -0.307 e. The van der Waals surface area contributed by atoms with E-state index in [2.05, 4.69) is 35.5 Å². The first-order valence-corrected chi connectivity index (χ1v) is 7.26. The molecular formula is C11H22N4S. The van der Waals surface area contributed by atoms with Crippen molar-refractivity contribution in [2.75, 3.05) is 12.0 Å². The Morgan fingerprint density at radius 2 is 2.38 bits per heavy atom. The summed E-state index contributed by atoms with van der Waals surface area (Å²) in [6.45, 7) is 6.14. The lowest BCUT2D eigenvalue weighted by Gasteiger charge is -2.13. The maximum atomic E-state index is 4.27. The van der Waals surface area contributed by atoms with Gasteiger partial charge in [0.25, 0.3) is 0 Å². The van der Waals surface area contributed by atoms with Crippen LogP contribution in [-0.4, -0.2) is 32.8 Å². The molecule has 4 nitrogen and oxygen atoms in total. The average Bonchev–Trinajstić information content (AvgIpc) is 2.72. The van der Waals surface area contributed by atoms with Crippen molar-refractivity contribution in [1.29, 1.82) is 0 Å². The molecule has 0 aliphatic carbocycles. The predicted molar refractivity (Wildman–Crippen MR) is 69.6 cm³/mol. The van der Waals surface area contributed by atoms with Crippen LogP contribution in [0.4, 0.5) is 0 Å². The number of nitrogens with zero attached hydrogens (tertiary/aromatic N) is 3. The third-order valence-electron chi connectivity index (χ3n) is 2.49. The third kappa shape index (κ3) is 4.53. The number of nitrogens with one attached hydrogen (secondary N) is 1. The van der Waals surface area contributed by atoms with Crippen LogP contribution in [0.2, 0.25) is 0 Å². The van der Waals surface area contributed by atoms with Crippen LogP contribution in [0.5, 0.6) is 0 Å².